The van der Waals surface area contributed by atoms with Crippen LogP contribution in [0.15, 0.2) is 24.8 Å². The molecule has 1 fully saturated rings. The minimum atomic E-state index is 0.657. The molecule has 1 N–H and O–H groups in total. The molecule has 0 aliphatic carbocycles. The molecule has 2 aromatic heterocycles. The molecule has 0 radical (unpaired) electrons. The summed E-state index contributed by atoms with van der Waals surface area (Å²) >= 11 is 0. The van der Waals surface area contributed by atoms with E-state index in [4.69, 9.17) is 0 Å². The highest BCUT2D eigenvalue weighted by Gasteiger charge is 2.23. The molecule has 1 atom stereocenters. The van der Waals surface area contributed by atoms with Crippen LogP contribution in [0, 0.1) is 6.92 Å². The zero-order valence-corrected chi connectivity index (χ0v) is 12.1. The quantitative estimate of drug-likeness (QED) is 0.910. The Morgan fingerprint density at radius 3 is 3.10 bits per heavy atom. The van der Waals surface area contributed by atoms with Crippen LogP contribution in [0.3, 0.4) is 0 Å². The number of aryl methyl sites for hydroxylation is 2. The average Bonchev–Trinajstić information content (AvgIpc) is 3.11. The van der Waals surface area contributed by atoms with Gasteiger partial charge >= 0.3 is 0 Å². The Balaban J connectivity index is 1.60. The van der Waals surface area contributed by atoms with Crippen molar-refractivity contribution in [1.82, 2.24) is 24.6 Å². The second-order valence-electron chi connectivity index (χ2n) is 5.65. The van der Waals surface area contributed by atoms with Crippen LogP contribution in [0.25, 0.3) is 0 Å². The Kier molecular flexibility index (Phi) is 4.16. The van der Waals surface area contributed by atoms with Crippen LogP contribution in [0.2, 0.25) is 0 Å². The summed E-state index contributed by atoms with van der Waals surface area (Å²) in [5.74, 6) is 0. The maximum absolute atomic E-state index is 4.44. The fraction of sp³-hybridized carbons (Fsp3) is 0.600. The molecule has 0 spiro atoms. The standard InChI is InChI=1S/C15H23N5/c1-13-15(17-12-16-13)11-19-8-3-2-5-14(19)6-10-20-9-4-7-18-20/h4,7,9,12,14H,2-3,5-6,8,10-11H2,1H3,(H,16,17)/t14-/m1/s1. The number of rotatable bonds is 5. The molecule has 0 aromatic carbocycles. The molecule has 0 amide bonds. The van der Waals surface area contributed by atoms with Crippen LogP contribution < -0.4 is 0 Å². The van der Waals surface area contributed by atoms with E-state index >= 15 is 0 Å². The number of aromatic amines is 1. The van der Waals surface area contributed by atoms with Crippen molar-refractivity contribution in [2.75, 3.05) is 6.54 Å². The number of hydrogen-bond donors (Lipinski definition) is 1. The van der Waals surface area contributed by atoms with Gasteiger partial charge in [-0.25, -0.2) is 4.98 Å². The number of nitrogens with one attached hydrogen (secondary N) is 1. The topological polar surface area (TPSA) is 49.7 Å². The molecule has 0 saturated carbocycles. The highest BCUT2D eigenvalue weighted by atomic mass is 15.3. The first-order chi connectivity index (χ1) is 9.83. The summed E-state index contributed by atoms with van der Waals surface area (Å²) in [6.07, 6.45) is 10.8. The molecular formula is C15H23N5. The van der Waals surface area contributed by atoms with Gasteiger partial charge in [0.25, 0.3) is 0 Å². The van der Waals surface area contributed by atoms with Crippen molar-refractivity contribution in [3.8, 4) is 0 Å². The predicted octanol–water partition coefficient (Wildman–Crippen LogP) is 2.36. The van der Waals surface area contributed by atoms with Crippen molar-refractivity contribution >= 4 is 0 Å². The molecule has 0 unspecified atom stereocenters. The monoisotopic (exact) mass is 273 g/mol. The highest BCUT2D eigenvalue weighted by Crippen LogP contribution is 2.22. The lowest BCUT2D eigenvalue weighted by Gasteiger charge is -2.35. The number of nitrogens with zero attached hydrogens (tertiary/aromatic N) is 4. The molecule has 3 rings (SSSR count). The van der Waals surface area contributed by atoms with Crippen LogP contribution >= 0.6 is 0 Å². The van der Waals surface area contributed by atoms with E-state index in [2.05, 4.69) is 26.9 Å². The number of likely N-dealkylation sites (tertiary alicyclic amines) is 1. The lowest BCUT2D eigenvalue weighted by atomic mass is 9.99. The SMILES string of the molecule is Cc1[nH]cnc1CN1CCCC[C@@H]1CCn1cccn1. The first kappa shape index (κ1) is 13.4. The van der Waals surface area contributed by atoms with Gasteiger partial charge in [-0.3, -0.25) is 9.58 Å². The smallest absolute Gasteiger partial charge is 0.0925 e. The number of H-pyrrole nitrogens is 1. The summed E-state index contributed by atoms with van der Waals surface area (Å²) in [6, 6.07) is 2.65. The Hall–Kier alpha value is -1.62. The average molecular weight is 273 g/mol. The van der Waals surface area contributed by atoms with Gasteiger partial charge in [-0.1, -0.05) is 6.42 Å². The van der Waals surface area contributed by atoms with E-state index in [1.54, 1.807) is 6.33 Å². The Bertz CT molecular complexity index is 516. The van der Waals surface area contributed by atoms with Crippen molar-refractivity contribution < 1.29 is 0 Å². The third-order valence-corrected chi connectivity index (χ3v) is 4.29. The molecule has 2 aromatic rings. The molecule has 1 aliphatic rings. The number of aromatic nitrogens is 4. The summed E-state index contributed by atoms with van der Waals surface area (Å²) in [5.41, 5.74) is 2.39. The van der Waals surface area contributed by atoms with Crippen molar-refractivity contribution in [1.29, 1.82) is 0 Å². The molecule has 108 valence electrons. The molecule has 5 nitrogen and oxygen atoms in total. The van der Waals surface area contributed by atoms with Gasteiger partial charge in [0, 0.05) is 37.2 Å². The van der Waals surface area contributed by atoms with Gasteiger partial charge in [-0.15, -0.1) is 0 Å². The van der Waals surface area contributed by atoms with E-state index in [0.29, 0.717) is 6.04 Å². The normalized spacial score (nSPS) is 20.4. The van der Waals surface area contributed by atoms with Crippen LogP contribution in [0.1, 0.15) is 37.1 Å². The van der Waals surface area contributed by atoms with Gasteiger partial charge in [-0.05, 0) is 38.8 Å². The predicted molar refractivity (Wildman–Crippen MR) is 78.2 cm³/mol. The Morgan fingerprint density at radius 2 is 2.35 bits per heavy atom. The highest BCUT2D eigenvalue weighted by molar-refractivity contribution is 5.08. The molecule has 3 heterocycles. The zero-order valence-electron chi connectivity index (χ0n) is 12.1. The fourth-order valence-electron chi connectivity index (χ4n) is 3.05. The second-order valence-corrected chi connectivity index (χ2v) is 5.65. The number of piperidine rings is 1. The fourth-order valence-corrected chi connectivity index (χ4v) is 3.05. The van der Waals surface area contributed by atoms with Gasteiger partial charge in [0.05, 0.1) is 12.0 Å². The van der Waals surface area contributed by atoms with Gasteiger partial charge < -0.3 is 4.98 Å². The van der Waals surface area contributed by atoms with E-state index in [0.717, 1.165) is 13.1 Å². The maximum Gasteiger partial charge on any atom is 0.0925 e. The largest absolute Gasteiger partial charge is 0.348 e. The van der Waals surface area contributed by atoms with E-state index in [9.17, 15) is 0 Å². The van der Waals surface area contributed by atoms with Crippen molar-refractivity contribution in [2.24, 2.45) is 0 Å². The first-order valence-corrected chi connectivity index (χ1v) is 7.53. The van der Waals surface area contributed by atoms with Gasteiger partial charge in [-0.2, -0.15) is 5.10 Å². The second kappa shape index (κ2) is 6.22. The first-order valence-electron chi connectivity index (χ1n) is 7.53. The molecule has 0 bridgehead atoms. The van der Waals surface area contributed by atoms with E-state index in [-0.39, 0.29) is 0 Å². The van der Waals surface area contributed by atoms with Crippen molar-refractivity contribution in [3.05, 3.63) is 36.2 Å². The third kappa shape index (κ3) is 3.10. The van der Waals surface area contributed by atoms with Gasteiger partial charge in [0.2, 0.25) is 0 Å². The third-order valence-electron chi connectivity index (χ3n) is 4.29. The Morgan fingerprint density at radius 1 is 1.40 bits per heavy atom. The van der Waals surface area contributed by atoms with Gasteiger partial charge in [0.1, 0.15) is 0 Å². The van der Waals surface area contributed by atoms with Crippen LogP contribution in [-0.4, -0.2) is 37.2 Å². The Labute approximate surface area is 120 Å². The number of hydrogen-bond acceptors (Lipinski definition) is 3. The van der Waals surface area contributed by atoms with E-state index in [1.165, 1.54) is 43.6 Å². The van der Waals surface area contributed by atoms with Crippen LogP contribution in [-0.2, 0) is 13.1 Å². The van der Waals surface area contributed by atoms with E-state index < -0.39 is 0 Å². The molecular weight excluding hydrogens is 250 g/mol. The summed E-state index contributed by atoms with van der Waals surface area (Å²) in [6.45, 7) is 5.27. The van der Waals surface area contributed by atoms with Crippen molar-refractivity contribution in [3.63, 3.8) is 0 Å². The molecule has 5 heteroatoms. The minimum Gasteiger partial charge on any atom is -0.348 e. The maximum atomic E-state index is 4.44. The van der Waals surface area contributed by atoms with Crippen molar-refractivity contribution in [2.45, 2.75) is 51.7 Å². The minimum absolute atomic E-state index is 0.657. The summed E-state index contributed by atoms with van der Waals surface area (Å²) in [7, 11) is 0. The van der Waals surface area contributed by atoms with Crippen LogP contribution in [0.4, 0.5) is 0 Å². The zero-order chi connectivity index (χ0) is 13.8. The summed E-state index contributed by atoms with van der Waals surface area (Å²) in [4.78, 5) is 10.2. The van der Waals surface area contributed by atoms with Crippen LogP contribution in [0.5, 0.6) is 0 Å². The van der Waals surface area contributed by atoms with Gasteiger partial charge in [0.15, 0.2) is 0 Å². The lowest BCUT2D eigenvalue weighted by Crippen LogP contribution is -2.39. The summed E-state index contributed by atoms with van der Waals surface area (Å²) in [5, 5.41) is 4.30. The number of imidazole rings is 1. The molecule has 1 saturated heterocycles. The molecule has 20 heavy (non-hydrogen) atoms. The molecule has 1 aliphatic heterocycles. The lowest BCUT2D eigenvalue weighted by molar-refractivity contribution is 0.125. The van der Waals surface area contributed by atoms with E-state index in [1.807, 2.05) is 23.1 Å². The summed E-state index contributed by atoms with van der Waals surface area (Å²) < 4.78 is 2.03.